The van der Waals surface area contributed by atoms with Gasteiger partial charge in [0.2, 0.25) is 5.82 Å². The van der Waals surface area contributed by atoms with Crippen molar-refractivity contribution in [3.63, 3.8) is 0 Å². The Balaban J connectivity index is 1.84. The van der Waals surface area contributed by atoms with Crippen molar-refractivity contribution in [1.29, 1.82) is 0 Å². The molecular weight excluding hydrogens is 278 g/mol. The highest BCUT2D eigenvalue weighted by Crippen LogP contribution is 2.17. The van der Waals surface area contributed by atoms with E-state index in [4.69, 9.17) is 0 Å². The van der Waals surface area contributed by atoms with E-state index in [-0.39, 0.29) is 5.82 Å². The summed E-state index contributed by atoms with van der Waals surface area (Å²) in [5, 5.41) is 13.6. The first-order valence-corrected chi connectivity index (χ1v) is 6.44. The predicted molar refractivity (Wildman–Crippen MR) is 74.9 cm³/mol. The molecule has 0 aliphatic heterocycles. The minimum atomic E-state index is -0.843. The number of nitrogens with one attached hydrogen (secondary N) is 1. The lowest BCUT2D eigenvalue weighted by molar-refractivity contribution is -0.387. The molecule has 0 unspecified atom stereocenters. The van der Waals surface area contributed by atoms with Crippen LogP contribution in [0.25, 0.3) is 0 Å². The Morgan fingerprint density at radius 1 is 1.10 bits per heavy atom. The molecule has 0 aromatic heterocycles. The molecule has 0 fully saturated rings. The largest absolute Gasteiger partial charge is 0.312 e. The zero-order valence-electron chi connectivity index (χ0n) is 11.2. The Labute approximate surface area is 120 Å². The molecule has 21 heavy (non-hydrogen) atoms. The van der Waals surface area contributed by atoms with Crippen LogP contribution in [-0.2, 0) is 13.0 Å². The van der Waals surface area contributed by atoms with Crippen molar-refractivity contribution in [3.05, 3.63) is 75.3 Å². The number of nitrogens with zero attached hydrogens (tertiary/aromatic N) is 1. The minimum Gasteiger partial charge on any atom is -0.312 e. The third-order valence-electron chi connectivity index (χ3n) is 3.02. The number of benzene rings is 2. The molecule has 0 heterocycles. The van der Waals surface area contributed by atoms with E-state index in [2.05, 4.69) is 5.32 Å². The number of nitro groups is 1. The molecule has 0 saturated carbocycles. The maximum absolute atomic E-state index is 13.4. The molecule has 0 amide bonds. The van der Waals surface area contributed by atoms with Gasteiger partial charge in [-0.15, -0.1) is 0 Å². The maximum atomic E-state index is 13.4. The fourth-order valence-corrected chi connectivity index (χ4v) is 1.97. The normalized spacial score (nSPS) is 10.6. The average Bonchev–Trinajstić information content (AvgIpc) is 2.43. The molecule has 6 heteroatoms. The van der Waals surface area contributed by atoms with E-state index < -0.39 is 16.4 Å². The number of nitro benzene ring substituents is 1. The van der Waals surface area contributed by atoms with Crippen LogP contribution < -0.4 is 5.32 Å². The Bertz CT molecular complexity index is 647. The molecule has 2 rings (SSSR count). The van der Waals surface area contributed by atoms with Gasteiger partial charge in [0.1, 0.15) is 5.82 Å². The lowest BCUT2D eigenvalue weighted by Gasteiger charge is -2.06. The Hall–Kier alpha value is -2.34. The molecule has 0 radical (unpaired) electrons. The van der Waals surface area contributed by atoms with Crippen LogP contribution >= 0.6 is 0 Å². The van der Waals surface area contributed by atoms with E-state index in [1.54, 1.807) is 6.07 Å². The van der Waals surface area contributed by atoms with Crippen molar-refractivity contribution in [2.45, 2.75) is 13.0 Å². The minimum absolute atomic E-state index is 0.273. The first-order chi connectivity index (χ1) is 10.1. The first-order valence-electron chi connectivity index (χ1n) is 6.44. The third-order valence-corrected chi connectivity index (χ3v) is 3.02. The Morgan fingerprint density at radius 2 is 1.90 bits per heavy atom. The molecule has 110 valence electrons. The van der Waals surface area contributed by atoms with E-state index in [1.807, 2.05) is 6.07 Å². The standard InChI is InChI=1S/C15H14F2N2O2/c16-13-3-1-2-11(8-13)6-7-18-10-12-4-5-15(19(20)21)14(17)9-12/h1-5,8-9,18H,6-7,10H2. The lowest BCUT2D eigenvalue weighted by Crippen LogP contribution is -2.16. The highest BCUT2D eigenvalue weighted by molar-refractivity contribution is 5.34. The van der Waals surface area contributed by atoms with Crippen molar-refractivity contribution in [3.8, 4) is 0 Å². The third kappa shape index (κ3) is 4.32. The summed E-state index contributed by atoms with van der Waals surface area (Å²) in [5.41, 5.74) is 0.966. The van der Waals surface area contributed by atoms with Gasteiger partial charge in [0.05, 0.1) is 4.92 Å². The fourth-order valence-electron chi connectivity index (χ4n) is 1.97. The SMILES string of the molecule is O=[N+]([O-])c1ccc(CNCCc2cccc(F)c2)cc1F. The van der Waals surface area contributed by atoms with Crippen LogP contribution in [0.3, 0.4) is 0 Å². The summed E-state index contributed by atoms with van der Waals surface area (Å²) in [5.74, 6) is -1.12. The number of hydrogen-bond acceptors (Lipinski definition) is 3. The Kier molecular flexibility index (Phi) is 4.94. The van der Waals surface area contributed by atoms with Gasteiger partial charge >= 0.3 is 5.69 Å². The summed E-state index contributed by atoms with van der Waals surface area (Å²) in [4.78, 5) is 9.74. The van der Waals surface area contributed by atoms with Gasteiger partial charge in [0.25, 0.3) is 0 Å². The van der Waals surface area contributed by atoms with Gasteiger partial charge in [-0.25, -0.2) is 4.39 Å². The second-order valence-corrected chi connectivity index (χ2v) is 4.60. The van der Waals surface area contributed by atoms with E-state index in [0.717, 1.165) is 17.7 Å². The fraction of sp³-hybridized carbons (Fsp3) is 0.200. The van der Waals surface area contributed by atoms with Crippen molar-refractivity contribution in [1.82, 2.24) is 5.32 Å². The molecule has 2 aromatic carbocycles. The summed E-state index contributed by atoms with van der Waals surface area (Å²) in [6.45, 7) is 0.992. The van der Waals surface area contributed by atoms with E-state index in [0.29, 0.717) is 25.1 Å². The zero-order valence-corrected chi connectivity index (χ0v) is 11.2. The van der Waals surface area contributed by atoms with Gasteiger partial charge in [-0.1, -0.05) is 18.2 Å². The van der Waals surface area contributed by atoms with Crippen LogP contribution in [-0.4, -0.2) is 11.5 Å². The van der Waals surface area contributed by atoms with Crippen LogP contribution in [0, 0.1) is 21.7 Å². The van der Waals surface area contributed by atoms with E-state index in [1.165, 1.54) is 18.2 Å². The molecule has 0 spiro atoms. The number of halogens is 2. The van der Waals surface area contributed by atoms with Gasteiger partial charge < -0.3 is 5.32 Å². The van der Waals surface area contributed by atoms with Crippen LogP contribution in [0.15, 0.2) is 42.5 Å². The maximum Gasteiger partial charge on any atom is 0.304 e. The molecule has 0 atom stereocenters. The van der Waals surface area contributed by atoms with E-state index in [9.17, 15) is 18.9 Å². The van der Waals surface area contributed by atoms with Crippen molar-refractivity contribution in [2.75, 3.05) is 6.54 Å². The van der Waals surface area contributed by atoms with Gasteiger partial charge in [-0.3, -0.25) is 10.1 Å². The highest BCUT2D eigenvalue weighted by atomic mass is 19.1. The average molecular weight is 292 g/mol. The van der Waals surface area contributed by atoms with Gasteiger partial charge in [0, 0.05) is 12.6 Å². The van der Waals surface area contributed by atoms with E-state index >= 15 is 0 Å². The molecule has 1 N–H and O–H groups in total. The summed E-state index contributed by atoms with van der Waals surface area (Å²) in [7, 11) is 0. The van der Waals surface area contributed by atoms with Crippen molar-refractivity contribution >= 4 is 5.69 Å². The topological polar surface area (TPSA) is 55.2 Å². The number of hydrogen-bond donors (Lipinski definition) is 1. The molecule has 2 aromatic rings. The summed E-state index contributed by atoms with van der Waals surface area (Å²) in [6.07, 6.45) is 0.646. The summed E-state index contributed by atoms with van der Waals surface area (Å²) >= 11 is 0. The van der Waals surface area contributed by atoms with Crippen LogP contribution in [0.4, 0.5) is 14.5 Å². The predicted octanol–water partition coefficient (Wildman–Crippen LogP) is 3.21. The zero-order chi connectivity index (χ0) is 15.2. The molecular formula is C15H14F2N2O2. The number of rotatable bonds is 6. The van der Waals surface area contributed by atoms with Crippen LogP contribution in [0.5, 0.6) is 0 Å². The summed E-state index contributed by atoms with van der Waals surface area (Å²) in [6, 6.07) is 10.1. The van der Waals surface area contributed by atoms with Crippen molar-refractivity contribution < 1.29 is 13.7 Å². The van der Waals surface area contributed by atoms with Gasteiger partial charge in [-0.2, -0.15) is 4.39 Å². The van der Waals surface area contributed by atoms with Crippen LogP contribution in [0.1, 0.15) is 11.1 Å². The highest BCUT2D eigenvalue weighted by Gasteiger charge is 2.13. The second kappa shape index (κ2) is 6.90. The first kappa shape index (κ1) is 15.1. The lowest BCUT2D eigenvalue weighted by atomic mass is 10.1. The quantitative estimate of drug-likeness (QED) is 0.505. The second-order valence-electron chi connectivity index (χ2n) is 4.60. The van der Waals surface area contributed by atoms with Crippen LogP contribution in [0.2, 0.25) is 0 Å². The molecule has 4 nitrogen and oxygen atoms in total. The molecule has 0 aliphatic rings. The molecule has 0 bridgehead atoms. The summed E-state index contributed by atoms with van der Waals surface area (Å²) < 4.78 is 26.4. The monoisotopic (exact) mass is 292 g/mol. The molecule has 0 saturated heterocycles. The smallest absolute Gasteiger partial charge is 0.304 e. The Morgan fingerprint density at radius 3 is 2.57 bits per heavy atom. The molecule has 0 aliphatic carbocycles. The van der Waals surface area contributed by atoms with Gasteiger partial charge in [0.15, 0.2) is 0 Å². The van der Waals surface area contributed by atoms with Crippen molar-refractivity contribution in [2.24, 2.45) is 0 Å². The van der Waals surface area contributed by atoms with Gasteiger partial charge in [-0.05, 0) is 42.3 Å².